The van der Waals surface area contributed by atoms with Crippen LogP contribution in [0.4, 0.5) is 28.4 Å². The van der Waals surface area contributed by atoms with Gasteiger partial charge in [0.1, 0.15) is 21.2 Å². The zero-order valence-electron chi connectivity index (χ0n) is 29.3. The Balaban J connectivity index is 0.000000224. The van der Waals surface area contributed by atoms with Crippen molar-refractivity contribution < 1.29 is 63.5 Å². The van der Waals surface area contributed by atoms with Crippen molar-refractivity contribution in [1.82, 2.24) is 9.78 Å². The van der Waals surface area contributed by atoms with Gasteiger partial charge < -0.3 is 15.3 Å². The van der Waals surface area contributed by atoms with E-state index in [0.29, 0.717) is 16.8 Å². The number of rotatable bonds is 8. The second-order valence-electron chi connectivity index (χ2n) is 11.9. The summed E-state index contributed by atoms with van der Waals surface area (Å²) in [6.07, 6.45) is 0. The Morgan fingerprint density at radius 1 is 0.690 bits per heavy atom. The number of non-ortho nitro benzene ring substituents is 1. The summed E-state index contributed by atoms with van der Waals surface area (Å²) in [5.74, 6) is -1.99. The number of nitrogens with one attached hydrogen (secondary N) is 1. The average Bonchev–Trinajstić information content (AvgIpc) is 3.45. The predicted molar refractivity (Wildman–Crippen MR) is 201 cm³/mol. The van der Waals surface area contributed by atoms with Crippen LogP contribution in [0.25, 0.3) is 27.2 Å². The van der Waals surface area contributed by atoms with Crippen LogP contribution in [-0.2, 0) is 37.6 Å². The van der Waals surface area contributed by atoms with E-state index in [1.54, 1.807) is 31.2 Å². The molecule has 6 aromatic carbocycles. The molecule has 7 aromatic rings. The number of nitro groups is 1. The Morgan fingerprint density at radius 3 is 1.95 bits per heavy atom. The number of H-pyrrole nitrogens is 1. The summed E-state index contributed by atoms with van der Waals surface area (Å²) >= 11 is 0. The first-order valence-electron chi connectivity index (χ1n) is 16.0. The quantitative estimate of drug-likeness (QED) is 0.0547. The SMILES string of the molecule is Cc1[nH]n(-c2ccccc2)c(=O)c1N=Nc1ccc([N+](=O)[O-])cc1[O-].O=S(=O)(O)c1cc(O)c(N=Nc2c([O-])ccc3cccc(S(=O)(=O)O)c23)c2ccccc12.[Cr+3]. The molecule has 0 unspecified atom stereocenters. The molecule has 0 aliphatic heterocycles. The molecule has 0 amide bonds. The fourth-order valence-corrected chi connectivity index (χ4v) is 7.01. The van der Waals surface area contributed by atoms with Gasteiger partial charge in [-0.1, -0.05) is 78.2 Å². The van der Waals surface area contributed by atoms with Gasteiger partial charge in [-0.15, -0.1) is 10.2 Å². The standard InChI is InChI=1S/C20H14N2O8S2.C16H13N5O4.Cr/c23-14-9-8-11-4-3-7-16(31(25,26)27)18(11)20(14)22-21-19-13-6-2-1-5-12(13)17(10-15(19)24)32(28,29)30;1-10-15(16(23)20(19-10)11-5-3-2-4-6-11)18-17-13-8-7-12(21(24)25)9-14(13)22;/h1-10,23-24H,(H,25,26,27)(H,28,29,30);2-9,19,22H,1H3;/q;;+3/p-2. The number of aromatic amines is 1. The third kappa shape index (κ3) is 8.77. The van der Waals surface area contributed by atoms with Gasteiger partial charge in [-0.05, 0) is 36.6 Å². The molecule has 1 radical (unpaired) electrons. The molecule has 19 nitrogen and oxygen atoms in total. The number of phenols is 1. The monoisotopic (exact) mass is 863 g/mol. The van der Waals surface area contributed by atoms with Gasteiger partial charge in [0.15, 0.2) is 5.69 Å². The molecule has 1 heterocycles. The molecule has 0 fully saturated rings. The zero-order chi connectivity index (χ0) is 41.2. The number of azo groups is 2. The van der Waals surface area contributed by atoms with E-state index >= 15 is 0 Å². The summed E-state index contributed by atoms with van der Waals surface area (Å²) in [6.45, 7) is 1.66. The van der Waals surface area contributed by atoms with Gasteiger partial charge in [0.25, 0.3) is 31.5 Å². The van der Waals surface area contributed by atoms with Crippen LogP contribution in [0.3, 0.4) is 0 Å². The van der Waals surface area contributed by atoms with Crippen LogP contribution in [0.2, 0.25) is 0 Å². The molecule has 4 N–H and O–H groups in total. The number of hydrogen-bond donors (Lipinski definition) is 4. The number of aromatic nitrogens is 2. The molecule has 7 rings (SSSR count). The molecule has 293 valence electrons. The second kappa shape index (κ2) is 16.7. The van der Waals surface area contributed by atoms with Crippen LogP contribution in [-0.4, -0.2) is 45.8 Å². The number of phenolic OH excluding ortho intramolecular Hbond substituents is 1. The van der Waals surface area contributed by atoms with E-state index in [-0.39, 0.29) is 56.3 Å². The van der Waals surface area contributed by atoms with Crippen LogP contribution in [0.5, 0.6) is 17.2 Å². The Morgan fingerprint density at radius 2 is 1.31 bits per heavy atom. The number of benzene rings is 6. The molecule has 0 saturated carbocycles. The Kier molecular flexibility index (Phi) is 12.2. The zero-order valence-corrected chi connectivity index (χ0v) is 32.2. The van der Waals surface area contributed by atoms with Crippen LogP contribution in [0.1, 0.15) is 5.69 Å². The molecule has 0 bridgehead atoms. The normalized spacial score (nSPS) is 11.8. The summed E-state index contributed by atoms with van der Waals surface area (Å²) < 4.78 is 67.3. The van der Waals surface area contributed by atoms with Crippen molar-refractivity contribution in [2.24, 2.45) is 20.5 Å². The van der Waals surface area contributed by atoms with Gasteiger partial charge >= 0.3 is 17.4 Å². The molecule has 0 atom stereocenters. The van der Waals surface area contributed by atoms with Crippen molar-refractivity contribution in [3.63, 3.8) is 0 Å². The molecule has 1 aromatic heterocycles. The van der Waals surface area contributed by atoms with Gasteiger partial charge in [0, 0.05) is 34.4 Å². The maximum absolute atomic E-state index is 12.5. The molecule has 0 saturated heterocycles. The van der Waals surface area contributed by atoms with Gasteiger partial charge in [-0.2, -0.15) is 27.1 Å². The number of nitro benzene ring substituents is 1. The number of hydrogen-bond acceptors (Lipinski definition) is 14. The van der Waals surface area contributed by atoms with Crippen molar-refractivity contribution in [1.29, 1.82) is 0 Å². The minimum absolute atomic E-state index is 0. The second-order valence-corrected chi connectivity index (χ2v) is 14.7. The summed E-state index contributed by atoms with van der Waals surface area (Å²) in [7, 11) is -9.37. The minimum atomic E-state index is -4.70. The fourth-order valence-electron chi connectivity index (χ4n) is 5.57. The number of para-hydroxylation sites is 1. The molecular formula is C36H25CrN7O12S2+. The topological polar surface area (TPSA) is 305 Å². The van der Waals surface area contributed by atoms with E-state index in [1.165, 1.54) is 53.2 Å². The van der Waals surface area contributed by atoms with Crippen molar-refractivity contribution in [3.8, 4) is 22.9 Å². The van der Waals surface area contributed by atoms with Crippen LogP contribution in [0, 0.1) is 17.0 Å². The molecule has 0 aliphatic rings. The van der Waals surface area contributed by atoms with Gasteiger partial charge in [0.2, 0.25) is 0 Å². The van der Waals surface area contributed by atoms with Crippen LogP contribution >= 0.6 is 0 Å². The van der Waals surface area contributed by atoms with Gasteiger partial charge in [-0.25, -0.2) is 4.68 Å². The van der Waals surface area contributed by atoms with Crippen molar-refractivity contribution in [2.45, 2.75) is 16.7 Å². The number of aryl methyl sites for hydroxylation is 1. The summed E-state index contributed by atoms with van der Waals surface area (Å²) in [5.41, 5.74) is -0.274. The Labute approximate surface area is 337 Å². The summed E-state index contributed by atoms with van der Waals surface area (Å²) in [6, 6.07) is 25.3. The first-order chi connectivity index (χ1) is 27.0. The van der Waals surface area contributed by atoms with Crippen molar-refractivity contribution in [2.75, 3.05) is 0 Å². The average molecular weight is 864 g/mol. The summed E-state index contributed by atoms with van der Waals surface area (Å²) in [5, 5.41) is 63.8. The molecule has 0 aliphatic carbocycles. The van der Waals surface area contributed by atoms with Crippen LogP contribution in [0.15, 0.2) is 144 Å². The maximum atomic E-state index is 12.5. The van der Waals surface area contributed by atoms with E-state index in [9.17, 15) is 56.2 Å². The number of aromatic hydroxyl groups is 1. The predicted octanol–water partition coefficient (Wildman–Crippen LogP) is 6.55. The van der Waals surface area contributed by atoms with Crippen LogP contribution < -0.4 is 15.8 Å². The van der Waals surface area contributed by atoms with E-state index in [4.69, 9.17) is 0 Å². The van der Waals surface area contributed by atoms with E-state index in [1.807, 2.05) is 6.07 Å². The Bertz CT molecular complexity index is 3080. The summed E-state index contributed by atoms with van der Waals surface area (Å²) in [4.78, 5) is 21.3. The van der Waals surface area contributed by atoms with Crippen molar-refractivity contribution >= 4 is 70.2 Å². The first kappa shape index (κ1) is 42.3. The van der Waals surface area contributed by atoms with Gasteiger partial charge in [-0.3, -0.25) is 29.1 Å². The third-order valence-electron chi connectivity index (χ3n) is 8.17. The first-order valence-corrected chi connectivity index (χ1v) is 18.9. The molecule has 58 heavy (non-hydrogen) atoms. The van der Waals surface area contributed by atoms with E-state index in [2.05, 4.69) is 25.6 Å². The maximum Gasteiger partial charge on any atom is 3.00 e. The smallest absolute Gasteiger partial charge is 0.871 e. The number of nitrogens with zero attached hydrogens (tertiary/aromatic N) is 6. The Hall–Kier alpha value is -6.80. The third-order valence-corrected chi connectivity index (χ3v) is 9.96. The largest absolute Gasteiger partial charge is 3.00 e. The van der Waals surface area contributed by atoms with E-state index < -0.39 is 63.4 Å². The molecular weight excluding hydrogens is 839 g/mol. The number of fused-ring (bicyclic) bond motifs is 2. The van der Waals surface area contributed by atoms with E-state index in [0.717, 1.165) is 30.3 Å². The fraction of sp³-hybridized carbons (Fsp3) is 0.0278. The minimum Gasteiger partial charge on any atom is -0.871 e. The molecule has 0 spiro atoms. The van der Waals surface area contributed by atoms with Gasteiger partial charge in [0.05, 0.1) is 27.7 Å². The molecule has 22 heteroatoms. The van der Waals surface area contributed by atoms with Crippen molar-refractivity contribution in [3.05, 3.63) is 135 Å².